The molecule has 0 unspecified atom stereocenters. The highest BCUT2D eigenvalue weighted by Crippen LogP contribution is 2.20. The Kier molecular flexibility index (Phi) is 3.69. The Hall–Kier alpha value is -2.08. The zero-order valence-corrected chi connectivity index (χ0v) is 13.4. The van der Waals surface area contributed by atoms with Gasteiger partial charge < -0.3 is 0 Å². The van der Waals surface area contributed by atoms with Gasteiger partial charge in [0.15, 0.2) is 0 Å². The van der Waals surface area contributed by atoms with Crippen LogP contribution in [0.2, 0.25) is 0 Å². The van der Waals surface area contributed by atoms with Crippen LogP contribution in [0.15, 0.2) is 23.3 Å². The standard InChI is InChI=1S/C17H21N5O/c1-12-6-19-15(7-18-12)11-21-8-13(9-21)10-22-17(23)5-14-3-2-4-16(14)20-22/h5-7,13H,2-4,8-11H2,1H3. The molecule has 1 aliphatic carbocycles. The first-order valence-corrected chi connectivity index (χ1v) is 8.27. The first kappa shape index (κ1) is 14.5. The van der Waals surface area contributed by atoms with Crippen molar-refractivity contribution in [2.45, 2.75) is 39.3 Å². The van der Waals surface area contributed by atoms with E-state index in [9.17, 15) is 4.79 Å². The van der Waals surface area contributed by atoms with E-state index in [-0.39, 0.29) is 5.56 Å². The van der Waals surface area contributed by atoms with Gasteiger partial charge in [0.25, 0.3) is 5.56 Å². The molecule has 1 aliphatic heterocycles. The Labute approximate surface area is 135 Å². The molecule has 4 rings (SSSR count). The van der Waals surface area contributed by atoms with Crippen molar-refractivity contribution in [2.24, 2.45) is 5.92 Å². The third-order valence-corrected chi connectivity index (χ3v) is 4.71. The van der Waals surface area contributed by atoms with Crippen LogP contribution in [0.3, 0.4) is 0 Å². The first-order valence-electron chi connectivity index (χ1n) is 8.27. The minimum Gasteiger partial charge on any atom is -0.297 e. The van der Waals surface area contributed by atoms with Gasteiger partial charge in [-0.25, -0.2) is 4.68 Å². The fourth-order valence-electron chi connectivity index (χ4n) is 3.47. The lowest BCUT2D eigenvalue weighted by Gasteiger charge is -2.39. The quantitative estimate of drug-likeness (QED) is 0.841. The summed E-state index contributed by atoms with van der Waals surface area (Å²) >= 11 is 0. The van der Waals surface area contributed by atoms with Gasteiger partial charge in [0, 0.05) is 44.0 Å². The predicted octanol–water partition coefficient (Wildman–Crippen LogP) is 0.962. The smallest absolute Gasteiger partial charge is 0.267 e. The fourth-order valence-corrected chi connectivity index (χ4v) is 3.47. The van der Waals surface area contributed by atoms with Crippen molar-refractivity contribution in [1.29, 1.82) is 0 Å². The largest absolute Gasteiger partial charge is 0.297 e. The summed E-state index contributed by atoms with van der Waals surface area (Å²) in [5.41, 5.74) is 4.27. The number of hydrogen-bond acceptors (Lipinski definition) is 5. The summed E-state index contributed by atoms with van der Waals surface area (Å²) < 4.78 is 1.66. The molecule has 120 valence electrons. The van der Waals surface area contributed by atoms with Crippen LogP contribution in [0, 0.1) is 12.8 Å². The van der Waals surface area contributed by atoms with E-state index in [2.05, 4.69) is 20.0 Å². The van der Waals surface area contributed by atoms with Crippen molar-refractivity contribution in [3.63, 3.8) is 0 Å². The normalized spacial score (nSPS) is 18.0. The molecule has 1 saturated heterocycles. The molecule has 2 aromatic heterocycles. The summed E-state index contributed by atoms with van der Waals surface area (Å²) in [7, 11) is 0. The Morgan fingerprint density at radius 3 is 2.87 bits per heavy atom. The number of aryl methyl sites for hydroxylation is 3. The molecule has 0 saturated carbocycles. The van der Waals surface area contributed by atoms with Gasteiger partial charge >= 0.3 is 0 Å². The van der Waals surface area contributed by atoms with E-state index in [4.69, 9.17) is 0 Å². The van der Waals surface area contributed by atoms with Gasteiger partial charge in [-0.2, -0.15) is 5.10 Å². The lowest BCUT2D eigenvalue weighted by atomic mass is 10.00. The van der Waals surface area contributed by atoms with Crippen LogP contribution in [0.1, 0.15) is 29.1 Å². The molecular weight excluding hydrogens is 290 g/mol. The van der Waals surface area contributed by atoms with Gasteiger partial charge in [0.05, 0.1) is 23.6 Å². The second kappa shape index (κ2) is 5.85. The maximum atomic E-state index is 12.1. The second-order valence-electron chi connectivity index (χ2n) is 6.70. The third-order valence-electron chi connectivity index (χ3n) is 4.71. The minimum atomic E-state index is 0.0495. The van der Waals surface area contributed by atoms with Crippen LogP contribution in [0.25, 0.3) is 0 Å². The number of nitrogens with zero attached hydrogens (tertiary/aromatic N) is 5. The Balaban J connectivity index is 1.34. The highest BCUT2D eigenvalue weighted by molar-refractivity contribution is 5.22. The SMILES string of the molecule is Cc1cnc(CN2CC(Cn3nc4c(cc3=O)CCC4)C2)cn1. The van der Waals surface area contributed by atoms with Crippen molar-refractivity contribution in [3.8, 4) is 0 Å². The average molecular weight is 311 g/mol. The molecule has 2 aromatic rings. The fraction of sp³-hybridized carbons (Fsp3) is 0.529. The zero-order chi connectivity index (χ0) is 15.8. The molecule has 0 N–H and O–H groups in total. The van der Waals surface area contributed by atoms with Gasteiger partial charge in [-0.15, -0.1) is 0 Å². The summed E-state index contributed by atoms with van der Waals surface area (Å²) in [6, 6.07) is 1.79. The van der Waals surface area contributed by atoms with Crippen LogP contribution in [0.4, 0.5) is 0 Å². The van der Waals surface area contributed by atoms with Gasteiger partial charge in [-0.05, 0) is 31.7 Å². The lowest BCUT2D eigenvalue weighted by Crippen LogP contribution is -2.49. The summed E-state index contributed by atoms with van der Waals surface area (Å²) in [6.45, 7) is 5.47. The number of rotatable bonds is 4. The maximum Gasteiger partial charge on any atom is 0.267 e. The van der Waals surface area contributed by atoms with Crippen LogP contribution in [0.5, 0.6) is 0 Å². The Morgan fingerprint density at radius 2 is 2.09 bits per heavy atom. The monoisotopic (exact) mass is 311 g/mol. The Morgan fingerprint density at radius 1 is 1.22 bits per heavy atom. The summed E-state index contributed by atoms with van der Waals surface area (Å²) in [5.74, 6) is 0.498. The van der Waals surface area contributed by atoms with Gasteiger partial charge in [-0.1, -0.05) is 0 Å². The summed E-state index contributed by atoms with van der Waals surface area (Å²) in [6.07, 6.45) is 6.79. The number of aromatic nitrogens is 4. The van der Waals surface area contributed by atoms with E-state index in [1.807, 2.05) is 13.1 Å². The van der Waals surface area contributed by atoms with Crippen molar-refractivity contribution >= 4 is 0 Å². The van der Waals surface area contributed by atoms with Gasteiger partial charge in [0.2, 0.25) is 0 Å². The lowest BCUT2D eigenvalue weighted by molar-refractivity contribution is 0.0751. The minimum absolute atomic E-state index is 0.0495. The molecule has 2 aliphatic rings. The zero-order valence-electron chi connectivity index (χ0n) is 13.4. The van der Waals surface area contributed by atoms with E-state index in [0.717, 1.165) is 68.1 Å². The second-order valence-corrected chi connectivity index (χ2v) is 6.70. The first-order chi connectivity index (χ1) is 11.2. The van der Waals surface area contributed by atoms with Crippen LogP contribution >= 0.6 is 0 Å². The van der Waals surface area contributed by atoms with Crippen LogP contribution in [-0.2, 0) is 25.9 Å². The van der Waals surface area contributed by atoms with Crippen molar-refractivity contribution in [3.05, 3.63) is 51.5 Å². The summed E-state index contributed by atoms with van der Waals surface area (Å²) in [4.78, 5) is 23.1. The molecule has 6 heteroatoms. The maximum absolute atomic E-state index is 12.1. The molecule has 0 atom stereocenters. The topological polar surface area (TPSA) is 63.9 Å². The van der Waals surface area contributed by atoms with E-state index >= 15 is 0 Å². The molecule has 0 aromatic carbocycles. The van der Waals surface area contributed by atoms with E-state index in [1.165, 1.54) is 0 Å². The highest BCUT2D eigenvalue weighted by atomic mass is 16.1. The molecule has 0 amide bonds. The average Bonchev–Trinajstić information content (AvgIpc) is 2.94. The van der Waals surface area contributed by atoms with Crippen molar-refractivity contribution < 1.29 is 0 Å². The predicted molar refractivity (Wildman–Crippen MR) is 86.1 cm³/mol. The van der Waals surface area contributed by atoms with Crippen LogP contribution in [-0.4, -0.2) is 37.7 Å². The van der Waals surface area contributed by atoms with Crippen molar-refractivity contribution in [1.82, 2.24) is 24.6 Å². The van der Waals surface area contributed by atoms with E-state index in [1.54, 1.807) is 16.9 Å². The molecule has 6 nitrogen and oxygen atoms in total. The molecule has 23 heavy (non-hydrogen) atoms. The van der Waals surface area contributed by atoms with Gasteiger partial charge in [-0.3, -0.25) is 19.7 Å². The molecule has 0 bridgehead atoms. The summed E-state index contributed by atoms with van der Waals surface area (Å²) in [5, 5.41) is 4.56. The van der Waals surface area contributed by atoms with Crippen LogP contribution < -0.4 is 5.56 Å². The molecule has 3 heterocycles. The molecule has 1 fully saturated rings. The third kappa shape index (κ3) is 3.03. The van der Waals surface area contributed by atoms with E-state index in [0.29, 0.717) is 5.92 Å². The van der Waals surface area contributed by atoms with Gasteiger partial charge in [0.1, 0.15) is 0 Å². The number of likely N-dealkylation sites (tertiary alicyclic amines) is 1. The number of hydrogen-bond donors (Lipinski definition) is 0. The van der Waals surface area contributed by atoms with E-state index < -0.39 is 0 Å². The highest BCUT2D eigenvalue weighted by Gasteiger charge is 2.28. The molecule has 0 spiro atoms. The molecule has 0 radical (unpaired) electrons. The van der Waals surface area contributed by atoms with Crippen molar-refractivity contribution in [2.75, 3.05) is 13.1 Å². The Bertz CT molecular complexity index is 762. The molecular formula is C17H21N5O. The number of fused-ring (bicyclic) bond motifs is 1.